The molecule has 112 valence electrons. The van der Waals surface area contributed by atoms with Gasteiger partial charge in [-0.25, -0.2) is 0 Å². The number of benzene rings is 1. The lowest BCUT2D eigenvalue weighted by atomic mass is 10.0. The molecule has 0 saturated carbocycles. The highest BCUT2D eigenvalue weighted by molar-refractivity contribution is 6.30. The van der Waals surface area contributed by atoms with Crippen molar-refractivity contribution < 1.29 is 4.74 Å². The summed E-state index contributed by atoms with van der Waals surface area (Å²) in [6.45, 7) is 7.08. The highest BCUT2D eigenvalue weighted by atomic mass is 35.5. The van der Waals surface area contributed by atoms with Crippen molar-refractivity contribution in [3.05, 3.63) is 34.9 Å². The van der Waals surface area contributed by atoms with Gasteiger partial charge in [-0.2, -0.15) is 0 Å². The van der Waals surface area contributed by atoms with Crippen molar-refractivity contribution in [2.24, 2.45) is 0 Å². The predicted molar refractivity (Wildman–Crippen MR) is 84.3 cm³/mol. The molecule has 0 aliphatic carbocycles. The third kappa shape index (κ3) is 4.74. The minimum atomic E-state index is 0.381. The minimum Gasteiger partial charge on any atom is -0.379 e. The number of rotatable bonds is 6. The molecule has 3 atom stereocenters. The van der Waals surface area contributed by atoms with E-state index >= 15 is 0 Å². The minimum absolute atomic E-state index is 0.381. The fourth-order valence-corrected chi connectivity index (χ4v) is 2.88. The van der Waals surface area contributed by atoms with Crippen molar-refractivity contribution in [2.45, 2.75) is 44.8 Å². The average Bonchev–Trinajstić information content (AvgIpc) is 2.47. The summed E-state index contributed by atoms with van der Waals surface area (Å²) < 4.78 is 5.51. The van der Waals surface area contributed by atoms with Gasteiger partial charge >= 0.3 is 0 Å². The lowest BCUT2D eigenvalue weighted by molar-refractivity contribution is 0.0707. The Morgan fingerprint density at radius 3 is 2.75 bits per heavy atom. The molecule has 2 N–H and O–H groups in total. The molecule has 2 rings (SSSR count). The molecule has 1 heterocycles. The molecular formula is C16H25ClN2O. The molecule has 1 saturated heterocycles. The van der Waals surface area contributed by atoms with Crippen LogP contribution in [0.1, 0.15) is 38.3 Å². The first-order valence-electron chi connectivity index (χ1n) is 7.51. The lowest BCUT2D eigenvalue weighted by Crippen LogP contribution is -2.45. The van der Waals surface area contributed by atoms with E-state index in [1.54, 1.807) is 0 Å². The van der Waals surface area contributed by atoms with Gasteiger partial charge in [-0.3, -0.25) is 0 Å². The molecule has 0 radical (unpaired) electrons. The van der Waals surface area contributed by atoms with Crippen LogP contribution in [0.3, 0.4) is 0 Å². The van der Waals surface area contributed by atoms with Crippen LogP contribution in [0.2, 0.25) is 5.02 Å². The van der Waals surface area contributed by atoms with Gasteiger partial charge < -0.3 is 15.4 Å². The molecule has 0 spiro atoms. The van der Waals surface area contributed by atoms with Gasteiger partial charge in [-0.1, -0.05) is 30.7 Å². The Hall–Kier alpha value is -0.610. The summed E-state index contributed by atoms with van der Waals surface area (Å²) in [5.41, 5.74) is 1.30. The molecule has 3 nitrogen and oxygen atoms in total. The lowest BCUT2D eigenvalue weighted by Gasteiger charge is -2.29. The van der Waals surface area contributed by atoms with E-state index in [4.69, 9.17) is 16.3 Å². The monoisotopic (exact) mass is 296 g/mol. The highest BCUT2D eigenvalue weighted by Crippen LogP contribution is 2.20. The summed E-state index contributed by atoms with van der Waals surface area (Å²) in [5, 5.41) is 8.01. The van der Waals surface area contributed by atoms with Crippen LogP contribution in [0.25, 0.3) is 0 Å². The quantitative estimate of drug-likeness (QED) is 0.846. The van der Waals surface area contributed by atoms with Crippen LogP contribution in [0.5, 0.6) is 0 Å². The second-order valence-corrected chi connectivity index (χ2v) is 5.98. The smallest absolute Gasteiger partial charge is 0.0620 e. The van der Waals surface area contributed by atoms with Gasteiger partial charge in [0.2, 0.25) is 0 Å². The Kier molecular flexibility index (Phi) is 6.30. The number of nitrogens with one attached hydrogen (secondary N) is 2. The van der Waals surface area contributed by atoms with Gasteiger partial charge in [0.05, 0.1) is 13.2 Å². The van der Waals surface area contributed by atoms with Crippen molar-refractivity contribution in [3.8, 4) is 0 Å². The van der Waals surface area contributed by atoms with E-state index in [0.717, 1.165) is 37.6 Å². The molecule has 1 aliphatic rings. The van der Waals surface area contributed by atoms with E-state index in [9.17, 15) is 0 Å². The standard InChI is InChI=1S/C16H25ClN2O/c1-3-16(13-4-6-14(17)7-5-13)19-12(2)10-15-11-20-9-8-18-15/h4-7,12,15-16,18-19H,3,8-11H2,1-2H3. The van der Waals surface area contributed by atoms with E-state index in [2.05, 4.69) is 36.6 Å². The topological polar surface area (TPSA) is 33.3 Å². The zero-order valence-electron chi connectivity index (χ0n) is 12.4. The maximum absolute atomic E-state index is 5.95. The fraction of sp³-hybridized carbons (Fsp3) is 0.625. The molecule has 1 fully saturated rings. The molecule has 3 unspecified atom stereocenters. The van der Waals surface area contributed by atoms with Crippen LogP contribution >= 0.6 is 11.6 Å². The molecule has 20 heavy (non-hydrogen) atoms. The first-order chi connectivity index (χ1) is 9.69. The van der Waals surface area contributed by atoms with Crippen molar-refractivity contribution >= 4 is 11.6 Å². The normalized spacial score (nSPS) is 22.4. The third-order valence-electron chi connectivity index (χ3n) is 3.80. The van der Waals surface area contributed by atoms with Crippen molar-refractivity contribution in [1.82, 2.24) is 10.6 Å². The molecule has 0 bridgehead atoms. The number of morpholine rings is 1. The zero-order valence-corrected chi connectivity index (χ0v) is 13.1. The van der Waals surface area contributed by atoms with Crippen molar-refractivity contribution in [1.29, 1.82) is 0 Å². The van der Waals surface area contributed by atoms with Crippen LogP contribution in [-0.2, 0) is 4.74 Å². The van der Waals surface area contributed by atoms with Crippen LogP contribution < -0.4 is 10.6 Å². The molecule has 1 aliphatic heterocycles. The fourth-order valence-electron chi connectivity index (χ4n) is 2.75. The van der Waals surface area contributed by atoms with Crippen LogP contribution in [0, 0.1) is 0 Å². The molecule has 1 aromatic rings. The number of hydrogen-bond acceptors (Lipinski definition) is 3. The van der Waals surface area contributed by atoms with Gasteiger partial charge in [0, 0.05) is 29.7 Å². The highest BCUT2D eigenvalue weighted by Gasteiger charge is 2.18. The largest absolute Gasteiger partial charge is 0.379 e. The Balaban J connectivity index is 1.86. The summed E-state index contributed by atoms with van der Waals surface area (Å²) in [7, 11) is 0. The first kappa shape index (κ1) is 15.8. The van der Waals surface area contributed by atoms with E-state index in [1.165, 1.54) is 5.56 Å². The van der Waals surface area contributed by atoms with Crippen molar-refractivity contribution in [3.63, 3.8) is 0 Å². The number of halogens is 1. The second kappa shape index (κ2) is 7.99. The predicted octanol–water partition coefficient (Wildman–Crippen LogP) is 3.15. The molecular weight excluding hydrogens is 272 g/mol. The maximum atomic E-state index is 5.95. The summed E-state index contributed by atoms with van der Waals surface area (Å²) in [6, 6.07) is 9.44. The maximum Gasteiger partial charge on any atom is 0.0620 e. The summed E-state index contributed by atoms with van der Waals surface area (Å²) >= 11 is 5.95. The van der Waals surface area contributed by atoms with Crippen LogP contribution in [0.4, 0.5) is 0 Å². The molecule has 1 aromatic carbocycles. The Morgan fingerprint density at radius 1 is 1.40 bits per heavy atom. The van der Waals surface area contributed by atoms with Gasteiger partial charge in [-0.15, -0.1) is 0 Å². The van der Waals surface area contributed by atoms with Crippen LogP contribution in [-0.4, -0.2) is 31.8 Å². The second-order valence-electron chi connectivity index (χ2n) is 5.54. The van der Waals surface area contributed by atoms with E-state index in [0.29, 0.717) is 18.1 Å². The number of ether oxygens (including phenoxy) is 1. The van der Waals surface area contributed by atoms with Gasteiger partial charge in [0.15, 0.2) is 0 Å². The first-order valence-corrected chi connectivity index (χ1v) is 7.89. The molecule has 0 aromatic heterocycles. The molecule has 0 amide bonds. The number of hydrogen-bond donors (Lipinski definition) is 2. The Bertz CT molecular complexity index is 390. The summed E-state index contributed by atoms with van der Waals surface area (Å²) in [4.78, 5) is 0. The van der Waals surface area contributed by atoms with Gasteiger partial charge in [-0.05, 0) is 37.5 Å². The SMILES string of the molecule is CCC(NC(C)CC1COCCN1)c1ccc(Cl)cc1. The average molecular weight is 297 g/mol. The van der Waals surface area contributed by atoms with Crippen LogP contribution in [0.15, 0.2) is 24.3 Å². The van der Waals surface area contributed by atoms with Crippen molar-refractivity contribution in [2.75, 3.05) is 19.8 Å². The zero-order chi connectivity index (χ0) is 14.4. The Morgan fingerprint density at radius 2 is 2.15 bits per heavy atom. The summed E-state index contributed by atoms with van der Waals surface area (Å²) in [5.74, 6) is 0. The van der Waals surface area contributed by atoms with Gasteiger partial charge in [0.1, 0.15) is 0 Å². The Labute approximate surface area is 127 Å². The molecule has 4 heteroatoms. The third-order valence-corrected chi connectivity index (χ3v) is 4.05. The van der Waals surface area contributed by atoms with E-state index in [-0.39, 0.29) is 0 Å². The van der Waals surface area contributed by atoms with E-state index in [1.807, 2.05) is 12.1 Å². The van der Waals surface area contributed by atoms with E-state index < -0.39 is 0 Å². The summed E-state index contributed by atoms with van der Waals surface area (Å²) in [6.07, 6.45) is 2.16. The van der Waals surface area contributed by atoms with Gasteiger partial charge in [0.25, 0.3) is 0 Å².